The second-order valence-electron chi connectivity index (χ2n) is 3.17. The molecule has 3 nitrogen and oxygen atoms in total. The van der Waals surface area contributed by atoms with Crippen molar-refractivity contribution in [3.8, 4) is 0 Å². The fourth-order valence-corrected chi connectivity index (χ4v) is 1.69. The van der Waals surface area contributed by atoms with Gasteiger partial charge in [-0.2, -0.15) is 0 Å². The minimum absolute atomic E-state index is 0.168. The van der Waals surface area contributed by atoms with Crippen LogP contribution in [0, 0.1) is 0 Å². The van der Waals surface area contributed by atoms with Gasteiger partial charge in [0.15, 0.2) is 0 Å². The summed E-state index contributed by atoms with van der Waals surface area (Å²) in [4.78, 5) is 19.4. The minimum atomic E-state index is -0.168. The maximum Gasteiger partial charge on any atom is 0.278 e. The van der Waals surface area contributed by atoms with Crippen molar-refractivity contribution >= 4 is 23.0 Å². The number of carbonyl (C=O) groups is 1. The van der Waals surface area contributed by atoms with Crippen LogP contribution in [0.5, 0.6) is 0 Å². The summed E-state index contributed by atoms with van der Waals surface area (Å²) < 4.78 is 0. The quantitative estimate of drug-likeness (QED) is 0.623. The van der Waals surface area contributed by atoms with Crippen LogP contribution in [0.2, 0.25) is 0 Å². The lowest BCUT2D eigenvalue weighted by Gasteiger charge is -2.00. The molecule has 1 aromatic heterocycles. The summed E-state index contributed by atoms with van der Waals surface area (Å²) in [7, 11) is 0. The third-order valence-corrected chi connectivity index (χ3v) is 2.34. The van der Waals surface area contributed by atoms with E-state index in [9.17, 15) is 4.79 Å². The first-order valence-electron chi connectivity index (χ1n) is 4.32. The van der Waals surface area contributed by atoms with E-state index in [-0.39, 0.29) is 5.91 Å². The highest BCUT2D eigenvalue weighted by atomic mass is 16.1. The molecule has 0 radical (unpaired) electrons. The summed E-state index contributed by atoms with van der Waals surface area (Å²) in [6.07, 6.45) is 3.25. The molecule has 3 rings (SSSR count). The number of aromatic nitrogens is 1. The second-order valence-corrected chi connectivity index (χ2v) is 3.17. The highest BCUT2D eigenvalue weighted by Gasteiger charge is 2.18. The van der Waals surface area contributed by atoms with Crippen LogP contribution in [0.3, 0.4) is 0 Å². The summed E-state index contributed by atoms with van der Waals surface area (Å²) in [6.45, 7) is 0. The Kier molecular flexibility index (Phi) is 1.31. The van der Waals surface area contributed by atoms with E-state index in [0.29, 0.717) is 5.56 Å². The summed E-state index contributed by atoms with van der Waals surface area (Å²) in [5.41, 5.74) is 2.33. The van der Waals surface area contributed by atoms with Gasteiger partial charge in [0.05, 0.1) is 11.1 Å². The van der Waals surface area contributed by atoms with Gasteiger partial charge in [0, 0.05) is 23.4 Å². The van der Waals surface area contributed by atoms with Crippen molar-refractivity contribution in [2.24, 2.45) is 4.99 Å². The van der Waals surface area contributed by atoms with Gasteiger partial charge in [-0.15, -0.1) is 0 Å². The van der Waals surface area contributed by atoms with Gasteiger partial charge >= 0.3 is 0 Å². The van der Waals surface area contributed by atoms with Crippen molar-refractivity contribution in [2.45, 2.75) is 0 Å². The molecule has 0 aliphatic carbocycles. The molecule has 14 heavy (non-hydrogen) atoms. The normalized spacial score (nSPS) is 13.6. The SMILES string of the molecule is O=C1N=Cc2cnc3ccccc3c21. The largest absolute Gasteiger partial charge is 0.278 e. The number of nitrogens with zero attached hydrogens (tertiary/aromatic N) is 2. The third kappa shape index (κ3) is 0.836. The number of rotatable bonds is 0. The predicted molar refractivity (Wildman–Crippen MR) is 53.7 cm³/mol. The van der Waals surface area contributed by atoms with Crippen molar-refractivity contribution in [1.82, 2.24) is 4.98 Å². The molecule has 2 heterocycles. The smallest absolute Gasteiger partial charge is 0.267 e. The Balaban J connectivity index is 2.50. The Morgan fingerprint density at radius 2 is 2.00 bits per heavy atom. The first-order valence-corrected chi connectivity index (χ1v) is 4.32. The van der Waals surface area contributed by atoms with Crippen LogP contribution < -0.4 is 0 Å². The standard InChI is InChI=1S/C11H6N2O/c14-11-10-7(6-13-11)5-12-9-4-2-1-3-8(9)10/h1-6H. The van der Waals surface area contributed by atoms with Crippen LogP contribution >= 0.6 is 0 Å². The molecule has 0 saturated heterocycles. The Labute approximate surface area is 80.1 Å². The number of benzene rings is 1. The molecule has 0 spiro atoms. The second kappa shape index (κ2) is 2.48. The molecule has 3 heteroatoms. The first-order chi connectivity index (χ1) is 6.86. The molecule has 66 valence electrons. The van der Waals surface area contributed by atoms with Gasteiger partial charge in [-0.25, -0.2) is 4.99 Å². The monoisotopic (exact) mass is 182 g/mol. The fourth-order valence-electron chi connectivity index (χ4n) is 1.69. The van der Waals surface area contributed by atoms with E-state index in [1.165, 1.54) is 0 Å². The maximum absolute atomic E-state index is 11.5. The molecule has 1 aliphatic heterocycles. The van der Waals surface area contributed by atoms with Gasteiger partial charge in [-0.3, -0.25) is 9.78 Å². The van der Waals surface area contributed by atoms with Crippen molar-refractivity contribution in [3.63, 3.8) is 0 Å². The Morgan fingerprint density at radius 3 is 2.93 bits per heavy atom. The average molecular weight is 182 g/mol. The number of pyridine rings is 1. The third-order valence-electron chi connectivity index (χ3n) is 2.34. The number of amides is 1. The van der Waals surface area contributed by atoms with E-state index in [0.717, 1.165) is 16.5 Å². The molecule has 0 atom stereocenters. The van der Waals surface area contributed by atoms with Gasteiger partial charge in [0.2, 0.25) is 0 Å². The molecule has 0 bridgehead atoms. The van der Waals surface area contributed by atoms with E-state index < -0.39 is 0 Å². The van der Waals surface area contributed by atoms with Crippen LogP contribution in [0.4, 0.5) is 0 Å². The van der Waals surface area contributed by atoms with E-state index >= 15 is 0 Å². The number of aliphatic imine (C=N–C) groups is 1. The maximum atomic E-state index is 11.5. The minimum Gasteiger partial charge on any atom is -0.267 e. The molecular formula is C11H6N2O. The van der Waals surface area contributed by atoms with E-state index in [2.05, 4.69) is 9.98 Å². The van der Waals surface area contributed by atoms with Gasteiger partial charge in [0.1, 0.15) is 0 Å². The lowest BCUT2D eigenvalue weighted by Crippen LogP contribution is -1.95. The highest BCUT2D eigenvalue weighted by Crippen LogP contribution is 2.23. The zero-order valence-electron chi connectivity index (χ0n) is 7.27. The van der Waals surface area contributed by atoms with Crippen molar-refractivity contribution in [1.29, 1.82) is 0 Å². The van der Waals surface area contributed by atoms with E-state index in [4.69, 9.17) is 0 Å². The first kappa shape index (κ1) is 7.38. The molecule has 1 amide bonds. The number of hydrogen-bond acceptors (Lipinski definition) is 2. The number of hydrogen-bond donors (Lipinski definition) is 0. The number of carbonyl (C=O) groups excluding carboxylic acids is 1. The Hall–Kier alpha value is -2.03. The van der Waals surface area contributed by atoms with Crippen LogP contribution in [0.1, 0.15) is 15.9 Å². The predicted octanol–water partition coefficient (Wildman–Crippen LogP) is 1.81. The van der Waals surface area contributed by atoms with Crippen molar-refractivity contribution < 1.29 is 4.79 Å². The molecule has 0 unspecified atom stereocenters. The topological polar surface area (TPSA) is 42.3 Å². The van der Waals surface area contributed by atoms with Crippen molar-refractivity contribution in [2.75, 3.05) is 0 Å². The lowest BCUT2D eigenvalue weighted by atomic mass is 10.1. The highest BCUT2D eigenvalue weighted by molar-refractivity contribution is 6.19. The molecule has 2 aromatic rings. The van der Waals surface area contributed by atoms with Crippen LogP contribution in [-0.4, -0.2) is 17.1 Å². The lowest BCUT2D eigenvalue weighted by molar-refractivity contribution is 0.101. The molecule has 0 N–H and O–H groups in total. The molecule has 1 aliphatic rings. The number of para-hydroxylation sites is 1. The molecular weight excluding hydrogens is 176 g/mol. The van der Waals surface area contributed by atoms with Gasteiger partial charge in [0.25, 0.3) is 5.91 Å². The Bertz CT molecular complexity index is 573. The molecule has 0 saturated carbocycles. The summed E-state index contributed by atoms with van der Waals surface area (Å²) in [5, 5.41) is 0.882. The average Bonchev–Trinajstić information content (AvgIpc) is 2.61. The van der Waals surface area contributed by atoms with Crippen LogP contribution in [-0.2, 0) is 0 Å². The van der Waals surface area contributed by atoms with E-state index in [1.54, 1.807) is 12.4 Å². The number of fused-ring (bicyclic) bond motifs is 3. The fraction of sp³-hybridized carbons (Fsp3) is 0. The summed E-state index contributed by atoms with van der Waals surface area (Å²) in [5.74, 6) is -0.168. The van der Waals surface area contributed by atoms with Crippen molar-refractivity contribution in [3.05, 3.63) is 41.6 Å². The van der Waals surface area contributed by atoms with E-state index in [1.807, 2.05) is 24.3 Å². The van der Waals surface area contributed by atoms with Gasteiger partial charge < -0.3 is 0 Å². The summed E-state index contributed by atoms with van der Waals surface area (Å²) in [6, 6.07) is 7.59. The zero-order chi connectivity index (χ0) is 9.54. The van der Waals surface area contributed by atoms with Crippen LogP contribution in [0.15, 0.2) is 35.5 Å². The summed E-state index contributed by atoms with van der Waals surface area (Å²) >= 11 is 0. The zero-order valence-corrected chi connectivity index (χ0v) is 7.27. The molecule has 1 aromatic carbocycles. The van der Waals surface area contributed by atoms with Crippen LogP contribution in [0.25, 0.3) is 10.9 Å². The Morgan fingerprint density at radius 1 is 1.14 bits per heavy atom. The van der Waals surface area contributed by atoms with Gasteiger partial charge in [-0.1, -0.05) is 18.2 Å². The molecule has 0 fully saturated rings. The van der Waals surface area contributed by atoms with Gasteiger partial charge in [-0.05, 0) is 6.07 Å².